The van der Waals surface area contributed by atoms with Gasteiger partial charge in [0.15, 0.2) is 0 Å². The number of esters is 1. The summed E-state index contributed by atoms with van der Waals surface area (Å²) in [6, 6.07) is 22.5. The summed E-state index contributed by atoms with van der Waals surface area (Å²) < 4.78 is 22.2. The highest BCUT2D eigenvalue weighted by Crippen LogP contribution is 2.36. The molecule has 5 rings (SSSR count). The van der Waals surface area contributed by atoms with Gasteiger partial charge in [-0.05, 0) is 53.6 Å². The minimum Gasteiger partial charge on any atom is -0.469 e. The largest absolute Gasteiger partial charge is 0.469 e. The molecule has 0 aliphatic rings. The van der Waals surface area contributed by atoms with E-state index in [1.54, 1.807) is 73.1 Å². The fourth-order valence-corrected chi connectivity index (χ4v) is 6.35. The van der Waals surface area contributed by atoms with Crippen molar-refractivity contribution in [1.82, 2.24) is 15.3 Å². The van der Waals surface area contributed by atoms with E-state index >= 15 is 4.39 Å². The Kier molecular flexibility index (Phi) is 10.3. The average Bonchev–Trinajstić information content (AvgIpc) is 3.09. The lowest BCUT2D eigenvalue weighted by molar-refractivity contribution is -0.143. The van der Waals surface area contributed by atoms with Crippen LogP contribution in [0.2, 0.25) is 0 Å². The van der Waals surface area contributed by atoms with Gasteiger partial charge >= 0.3 is 5.97 Å². The molecule has 11 heteroatoms. The summed E-state index contributed by atoms with van der Waals surface area (Å²) >= 11 is 0. The lowest BCUT2D eigenvalue weighted by Gasteiger charge is -2.34. The Hall–Kier alpha value is -5.71. The molecule has 5 aromatic rings. The molecule has 3 amide bonds. The molecule has 0 atom stereocenters. The minimum absolute atomic E-state index is 0.207. The molecule has 0 saturated heterocycles. The highest BCUT2D eigenvalue weighted by atomic mass is 19.1. The number of anilines is 2. The molecule has 3 N–H and O–H groups in total. The second kappa shape index (κ2) is 14.4. The van der Waals surface area contributed by atoms with Crippen LogP contribution in [0.4, 0.5) is 15.8 Å². The topological polar surface area (TPSA) is 139 Å². The maximum Gasteiger partial charge on any atom is 0.306 e. The fraction of sp³-hybridized carbons (Fsp3) is 0.282. The molecular weight excluding hydrogens is 637 g/mol. The van der Waals surface area contributed by atoms with Crippen LogP contribution >= 0.6 is 0 Å². The fourth-order valence-electron chi connectivity index (χ4n) is 6.35. The van der Waals surface area contributed by atoms with E-state index in [1.165, 1.54) is 31.4 Å². The molecular formula is C39H40FN5O5. The van der Waals surface area contributed by atoms with Crippen molar-refractivity contribution in [2.24, 2.45) is 10.8 Å². The average molecular weight is 678 g/mol. The lowest BCUT2D eigenvalue weighted by atomic mass is 9.73. The molecule has 3 aromatic carbocycles. The number of pyridine rings is 2. The van der Waals surface area contributed by atoms with E-state index in [9.17, 15) is 19.2 Å². The summed E-state index contributed by atoms with van der Waals surface area (Å²) in [7, 11) is 1.35. The first-order valence-electron chi connectivity index (χ1n) is 16.2. The van der Waals surface area contributed by atoms with Crippen molar-refractivity contribution in [1.29, 1.82) is 0 Å². The summed E-state index contributed by atoms with van der Waals surface area (Å²) in [5, 5.41) is 9.49. The van der Waals surface area contributed by atoms with Crippen LogP contribution in [0.1, 0.15) is 56.5 Å². The molecule has 258 valence electrons. The predicted octanol–water partition coefficient (Wildman–Crippen LogP) is 6.96. The maximum atomic E-state index is 17.4. The van der Waals surface area contributed by atoms with Gasteiger partial charge in [-0.2, -0.15) is 0 Å². The van der Waals surface area contributed by atoms with Crippen LogP contribution in [0.5, 0.6) is 0 Å². The Balaban J connectivity index is 1.41. The Morgan fingerprint density at radius 1 is 0.700 bits per heavy atom. The van der Waals surface area contributed by atoms with Crippen LogP contribution in [0.25, 0.3) is 21.8 Å². The number of hydrogen-bond donors (Lipinski definition) is 3. The molecule has 0 spiro atoms. The van der Waals surface area contributed by atoms with E-state index in [0.717, 1.165) is 0 Å². The zero-order valence-corrected chi connectivity index (χ0v) is 28.7. The molecule has 50 heavy (non-hydrogen) atoms. The molecule has 0 fully saturated rings. The van der Waals surface area contributed by atoms with Gasteiger partial charge in [0.25, 0.3) is 23.4 Å². The summed E-state index contributed by atoms with van der Waals surface area (Å²) in [5.74, 6) is -3.20. The van der Waals surface area contributed by atoms with E-state index in [0.29, 0.717) is 34.8 Å². The number of carbonyl (C=O) groups excluding carboxylic acids is 4. The smallest absolute Gasteiger partial charge is 0.306 e. The molecule has 2 aromatic heterocycles. The zero-order valence-electron chi connectivity index (χ0n) is 28.7. The molecule has 0 aliphatic carbocycles. The van der Waals surface area contributed by atoms with Crippen LogP contribution in [0.3, 0.4) is 0 Å². The number of rotatable bonds is 12. The summed E-state index contributed by atoms with van der Waals surface area (Å²) in [6.45, 7) is 8.21. The number of methoxy groups -OCH3 is 1. The summed E-state index contributed by atoms with van der Waals surface area (Å²) in [5.41, 5.74) is -2.75. The van der Waals surface area contributed by atoms with Crippen molar-refractivity contribution in [3.63, 3.8) is 0 Å². The minimum atomic E-state index is -3.24. The van der Waals surface area contributed by atoms with Crippen molar-refractivity contribution in [2.75, 3.05) is 24.3 Å². The van der Waals surface area contributed by atoms with Gasteiger partial charge in [0.1, 0.15) is 0 Å². The van der Waals surface area contributed by atoms with Crippen LogP contribution < -0.4 is 16.0 Å². The van der Waals surface area contributed by atoms with Gasteiger partial charge in [-0.15, -0.1) is 0 Å². The number of ether oxygens (including phenoxy) is 1. The highest BCUT2D eigenvalue weighted by molar-refractivity contribution is 6.20. The van der Waals surface area contributed by atoms with Gasteiger partial charge in [-0.25, -0.2) is 4.39 Å². The molecule has 0 unspecified atom stereocenters. The summed E-state index contributed by atoms with van der Waals surface area (Å²) in [6.07, 6.45) is 3.97. The van der Waals surface area contributed by atoms with Gasteiger partial charge in [0.2, 0.25) is 0 Å². The number of nitrogens with zero attached hydrogens (tertiary/aromatic N) is 2. The number of aromatic nitrogens is 2. The van der Waals surface area contributed by atoms with Gasteiger partial charge in [-0.1, -0.05) is 76.2 Å². The number of hydrogen-bond acceptors (Lipinski definition) is 7. The number of nitrogens with one attached hydrogen (secondary N) is 3. The van der Waals surface area contributed by atoms with Gasteiger partial charge < -0.3 is 20.7 Å². The van der Waals surface area contributed by atoms with Gasteiger partial charge in [0.05, 0.1) is 35.9 Å². The third kappa shape index (κ3) is 7.94. The normalized spacial score (nSPS) is 12.0. The van der Waals surface area contributed by atoms with E-state index in [-0.39, 0.29) is 45.7 Å². The van der Waals surface area contributed by atoms with Crippen LogP contribution in [0.15, 0.2) is 97.3 Å². The monoisotopic (exact) mass is 677 g/mol. The number of fused-ring (bicyclic) bond motifs is 2. The molecule has 0 radical (unpaired) electrons. The first kappa shape index (κ1) is 35.6. The molecule has 0 bridgehead atoms. The van der Waals surface area contributed by atoms with Crippen molar-refractivity contribution in [3.05, 3.63) is 108 Å². The van der Waals surface area contributed by atoms with Crippen molar-refractivity contribution >= 4 is 56.9 Å². The number of carbonyl (C=O) groups is 4. The third-order valence-electron chi connectivity index (χ3n) is 8.47. The molecule has 0 saturated carbocycles. The quantitative estimate of drug-likeness (QED) is 0.0958. The maximum absolute atomic E-state index is 17.4. The Bertz CT molecular complexity index is 1960. The first-order chi connectivity index (χ1) is 23.7. The summed E-state index contributed by atoms with van der Waals surface area (Å²) in [4.78, 5) is 61.5. The lowest BCUT2D eigenvalue weighted by Crippen LogP contribution is -2.46. The standard InChI is InChI=1S/C39H40FN5O5/c1-37(2,22-31(46)50-5)23-38(3,4)24-43-34(47)27-16-18-28(19-17-27)39(40,35(48)44-29-14-6-10-25-12-8-20-41-32(25)29)36(49)45-30-15-7-11-26-13-9-21-42-33(26)30/h6-21H,22-24H2,1-5H3,(H,43,47)(H,44,48)(H,45,49). The molecule has 0 aliphatic heterocycles. The van der Waals surface area contributed by atoms with E-state index < -0.39 is 23.4 Å². The van der Waals surface area contributed by atoms with Crippen LogP contribution in [0, 0.1) is 10.8 Å². The molecule has 2 heterocycles. The number of alkyl halides is 1. The Morgan fingerprint density at radius 2 is 1.20 bits per heavy atom. The van der Waals surface area contributed by atoms with Gasteiger partial charge in [0, 0.05) is 40.8 Å². The number of para-hydroxylation sites is 2. The zero-order chi connectivity index (χ0) is 36.1. The molecule has 10 nitrogen and oxygen atoms in total. The second-order valence-electron chi connectivity index (χ2n) is 13.8. The second-order valence-corrected chi connectivity index (χ2v) is 13.8. The number of halogens is 1. The third-order valence-corrected chi connectivity index (χ3v) is 8.47. The van der Waals surface area contributed by atoms with Gasteiger partial charge in [-0.3, -0.25) is 29.1 Å². The van der Waals surface area contributed by atoms with E-state index in [1.807, 2.05) is 27.7 Å². The number of benzene rings is 3. The van der Waals surface area contributed by atoms with Crippen LogP contribution in [-0.2, 0) is 24.8 Å². The van der Waals surface area contributed by atoms with E-state index in [4.69, 9.17) is 4.74 Å². The Morgan fingerprint density at radius 3 is 1.70 bits per heavy atom. The number of amides is 3. The first-order valence-corrected chi connectivity index (χ1v) is 16.2. The highest BCUT2D eigenvalue weighted by Gasteiger charge is 2.49. The van der Waals surface area contributed by atoms with Crippen LogP contribution in [-0.4, -0.2) is 47.3 Å². The SMILES string of the molecule is COC(=O)CC(C)(C)CC(C)(C)CNC(=O)c1ccc(C(F)(C(=O)Nc2cccc3cccnc23)C(=O)Nc2cccc3cccnc23)cc1. The van der Waals surface area contributed by atoms with Crippen molar-refractivity contribution in [3.8, 4) is 0 Å². The Labute approximate surface area is 289 Å². The van der Waals surface area contributed by atoms with Crippen molar-refractivity contribution in [2.45, 2.75) is 46.2 Å². The van der Waals surface area contributed by atoms with E-state index in [2.05, 4.69) is 25.9 Å². The van der Waals surface area contributed by atoms with Crippen molar-refractivity contribution < 1.29 is 28.3 Å². The predicted molar refractivity (Wildman–Crippen MR) is 191 cm³/mol.